The van der Waals surface area contributed by atoms with Crippen molar-refractivity contribution >= 4 is 0 Å². The minimum atomic E-state index is 0.332. The van der Waals surface area contributed by atoms with E-state index in [1.54, 1.807) is 0 Å². The predicted octanol–water partition coefficient (Wildman–Crippen LogP) is 2.77. The van der Waals surface area contributed by atoms with Gasteiger partial charge in [-0.2, -0.15) is 5.10 Å². The fourth-order valence-corrected chi connectivity index (χ4v) is 2.40. The lowest BCUT2D eigenvalue weighted by molar-refractivity contribution is 0.272. The largest absolute Gasteiger partial charge is 0.316 e. The summed E-state index contributed by atoms with van der Waals surface area (Å²) in [5, 5.41) is 8.05. The van der Waals surface area contributed by atoms with Crippen LogP contribution in [-0.4, -0.2) is 22.9 Å². The van der Waals surface area contributed by atoms with Crippen molar-refractivity contribution in [2.75, 3.05) is 13.1 Å². The Morgan fingerprint density at radius 1 is 1.35 bits per heavy atom. The second-order valence-corrected chi connectivity index (χ2v) is 5.39. The van der Waals surface area contributed by atoms with Gasteiger partial charge in [-0.05, 0) is 37.3 Å². The Morgan fingerprint density at radius 2 is 2.12 bits per heavy atom. The number of nitrogens with one attached hydrogen (secondary N) is 1. The lowest BCUT2D eigenvalue weighted by Gasteiger charge is -2.29. The monoisotopic (exact) mass is 237 g/mol. The van der Waals surface area contributed by atoms with Crippen LogP contribution in [0.2, 0.25) is 0 Å². The molecule has 0 amide bonds. The first kappa shape index (κ1) is 14.2. The van der Waals surface area contributed by atoms with Gasteiger partial charge in [0.1, 0.15) is 0 Å². The molecule has 0 bridgehead atoms. The Labute approximate surface area is 106 Å². The number of aryl methyl sites for hydroxylation is 1. The maximum Gasteiger partial charge on any atom is 0.0630 e. The van der Waals surface area contributed by atoms with E-state index in [-0.39, 0.29) is 0 Å². The van der Waals surface area contributed by atoms with E-state index in [0.29, 0.717) is 5.41 Å². The van der Waals surface area contributed by atoms with Crippen molar-refractivity contribution in [2.24, 2.45) is 12.5 Å². The van der Waals surface area contributed by atoms with Crippen LogP contribution in [0.4, 0.5) is 0 Å². The van der Waals surface area contributed by atoms with Crippen LogP contribution in [0.5, 0.6) is 0 Å². The minimum Gasteiger partial charge on any atom is -0.316 e. The normalized spacial score (nSPS) is 14.8. The highest BCUT2D eigenvalue weighted by atomic mass is 15.2. The van der Waals surface area contributed by atoms with Gasteiger partial charge in [0.2, 0.25) is 0 Å². The third-order valence-electron chi connectivity index (χ3n) is 3.21. The van der Waals surface area contributed by atoms with E-state index in [1.807, 2.05) is 17.9 Å². The average molecular weight is 237 g/mol. The molecule has 3 heteroatoms. The smallest absolute Gasteiger partial charge is 0.0630 e. The zero-order valence-electron chi connectivity index (χ0n) is 11.8. The van der Waals surface area contributed by atoms with Crippen molar-refractivity contribution in [1.82, 2.24) is 15.1 Å². The molecule has 0 saturated carbocycles. The molecule has 1 unspecified atom stereocenters. The standard InChI is InChI=1S/C14H27N3/c1-5-8-14(3,12-15-9-6-2)11-13-7-10-17(4)16-13/h7,10,15H,5-6,8-9,11-12H2,1-4H3. The summed E-state index contributed by atoms with van der Waals surface area (Å²) in [5.74, 6) is 0. The zero-order valence-corrected chi connectivity index (χ0v) is 11.8. The number of rotatable bonds is 8. The van der Waals surface area contributed by atoms with Gasteiger partial charge in [-0.1, -0.05) is 27.2 Å². The number of hydrogen-bond acceptors (Lipinski definition) is 2. The van der Waals surface area contributed by atoms with Gasteiger partial charge in [0.15, 0.2) is 0 Å². The van der Waals surface area contributed by atoms with E-state index in [9.17, 15) is 0 Å². The van der Waals surface area contributed by atoms with Crippen LogP contribution < -0.4 is 5.32 Å². The van der Waals surface area contributed by atoms with Crippen LogP contribution in [0, 0.1) is 5.41 Å². The molecule has 1 N–H and O–H groups in total. The van der Waals surface area contributed by atoms with Crippen LogP contribution in [0.1, 0.15) is 45.7 Å². The summed E-state index contributed by atoms with van der Waals surface area (Å²) in [6.07, 6.45) is 6.78. The van der Waals surface area contributed by atoms with Gasteiger partial charge in [-0.25, -0.2) is 0 Å². The highest BCUT2D eigenvalue weighted by molar-refractivity contribution is 5.03. The molecule has 1 rings (SSSR count). The van der Waals surface area contributed by atoms with Crippen LogP contribution in [0.3, 0.4) is 0 Å². The van der Waals surface area contributed by atoms with Crippen molar-refractivity contribution in [1.29, 1.82) is 0 Å². The van der Waals surface area contributed by atoms with E-state index in [1.165, 1.54) is 25.0 Å². The molecule has 1 heterocycles. The SMILES string of the molecule is CCCNCC(C)(CCC)Cc1ccn(C)n1. The Bertz CT molecular complexity index is 319. The first-order valence-corrected chi connectivity index (χ1v) is 6.79. The summed E-state index contributed by atoms with van der Waals surface area (Å²) in [6.45, 7) is 9.04. The first-order chi connectivity index (χ1) is 8.09. The molecule has 17 heavy (non-hydrogen) atoms. The third-order valence-corrected chi connectivity index (χ3v) is 3.21. The Hall–Kier alpha value is -0.830. The maximum atomic E-state index is 4.50. The summed E-state index contributed by atoms with van der Waals surface area (Å²) < 4.78 is 1.89. The van der Waals surface area contributed by atoms with Crippen molar-refractivity contribution in [3.05, 3.63) is 18.0 Å². The van der Waals surface area contributed by atoms with Gasteiger partial charge in [0.25, 0.3) is 0 Å². The van der Waals surface area contributed by atoms with Crippen molar-refractivity contribution in [2.45, 2.75) is 46.5 Å². The maximum absolute atomic E-state index is 4.50. The van der Waals surface area contributed by atoms with E-state index >= 15 is 0 Å². The lowest BCUT2D eigenvalue weighted by Crippen LogP contribution is -2.34. The van der Waals surface area contributed by atoms with Gasteiger partial charge in [0, 0.05) is 19.8 Å². The predicted molar refractivity (Wildman–Crippen MR) is 73.1 cm³/mol. The molecule has 0 radical (unpaired) electrons. The number of hydrogen-bond donors (Lipinski definition) is 1. The number of nitrogens with zero attached hydrogens (tertiary/aromatic N) is 2. The fraction of sp³-hybridized carbons (Fsp3) is 0.786. The molecule has 3 nitrogen and oxygen atoms in total. The molecule has 0 aliphatic heterocycles. The minimum absolute atomic E-state index is 0.332. The molecule has 1 aromatic rings. The molecule has 98 valence electrons. The molecule has 0 aromatic carbocycles. The molecule has 0 spiro atoms. The van der Waals surface area contributed by atoms with Gasteiger partial charge >= 0.3 is 0 Å². The average Bonchev–Trinajstić information content (AvgIpc) is 2.64. The fourth-order valence-electron chi connectivity index (χ4n) is 2.40. The molecule has 0 aliphatic carbocycles. The Kier molecular flexibility index (Phi) is 5.69. The topological polar surface area (TPSA) is 29.9 Å². The first-order valence-electron chi connectivity index (χ1n) is 6.79. The summed E-state index contributed by atoms with van der Waals surface area (Å²) in [7, 11) is 1.98. The molecule has 1 aromatic heterocycles. The van der Waals surface area contributed by atoms with Crippen LogP contribution in [0.25, 0.3) is 0 Å². The Balaban J connectivity index is 2.56. The summed E-state index contributed by atoms with van der Waals surface area (Å²) in [6, 6.07) is 2.13. The van der Waals surface area contributed by atoms with Crippen molar-refractivity contribution in [3.63, 3.8) is 0 Å². The molecular weight excluding hydrogens is 210 g/mol. The highest BCUT2D eigenvalue weighted by Crippen LogP contribution is 2.26. The van der Waals surface area contributed by atoms with Crippen LogP contribution in [-0.2, 0) is 13.5 Å². The van der Waals surface area contributed by atoms with E-state index < -0.39 is 0 Å². The quantitative estimate of drug-likeness (QED) is 0.705. The van der Waals surface area contributed by atoms with Crippen molar-refractivity contribution < 1.29 is 0 Å². The van der Waals surface area contributed by atoms with Gasteiger partial charge in [-0.3, -0.25) is 4.68 Å². The van der Waals surface area contributed by atoms with Crippen LogP contribution in [0.15, 0.2) is 12.3 Å². The zero-order chi connectivity index (χ0) is 12.7. The van der Waals surface area contributed by atoms with E-state index in [0.717, 1.165) is 19.5 Å². The van der Waals surface area contributed by atoms with Gasteiger partial charge in [-0.15, -0.1) is 0 Å². The van der Waals surface area contributed by atoms with Crippen LogP contribution >= 0.6 is 0 Å². The summed E-state index contributed by atoms with van der Waals surface area (Å²) in [5.41, 5.74) is 1.54. The van der Waals surface area contributed by atoms with Crippen molar-refractivity contribution in [3.8, 4) is 0 Å². The summed E-state index contributed by atoms with van der Waals surface area (Å²) >= 11 is 0. The molecule has 0 fully saturated rings. The van der Waals surface area contributed by atoms with Gasteiger partial charge < -0.3 is 5.32 Å². The highest BCUT2D eigenvalue weighted by Gasteiger charge is 2.24. The van der Waals surface area contributed by atoms with Gasteiger partial charge in [0.05, 0.1) is 5.69 Å². The van der Waals surface area contributed by atoms with E-state index in [2.05, 4.69) is 37.3 Å². The number of aromatic nitrogens is 2. The van der Waals surface area contributed by atoms with E-state index in [4.69, 9.17) is 0 Å². The summed E-state index contributed by atoms with van der Waals surface area (Å²) in [4.78, 5) is 0. The molecular formula is C14H27N3. The second kappa shape index (κ2) is 6.80. The second-order valence-electron chi connectivity index (χ2n) is 5.39. The molecule has 1 atom stereocenters. The third kappa shape index (κ3) is 4.90. The molecule has 0 saturated heterocycles. The Morgan fingerprint density at radius 3 is 2.65 bits per heavy atom. The lowest BCUT2D eigenvalue weighted by atomic mass is 9.81. The molecule has 0 aliphatic rings.